The fraction of sp³-hybridized carbons (Fsp3) is 0.417. The quantitative estimate of drug-likeness (QED) is 0.665. The molecule has 2 N–H and O–H groups in total. The van der Waals surface area contributed by atoms with Gasteiger partial charge in [-0.3, -0.25) is 0 Å². The number of carbonyl (C=O) groups is 1. The maximum atomic E-state index is 11.7. The summed E-state index contributed by atoms with van der Waals surface area (Å²) in [6, 6.07) is 4.71. The third kappa shape index (κ3) is 3.11. The summed E-state index contributed by atoms with van der Waals surface area (Å²) in [4.78, 5) is 11.7. The van der Waals surface area contributed by atoms with Crippen LogP contribution in [-0.4, -0.2) is 25.3 Å². The van der Waals surface area contributed by atoms with Crippen LogP contribution in [0.25, 0.3) is 0 Å². The van der Waals surface area contributed by atoms with Crippen LogP contribution < -0.4 is 5.73 Å². The van der Waals surface area contributed by atoms with Crippen molar-refractivity contribution in [3.8, 4) is 0 Å². The maximum absolute atomic E-state index is 11.7. The normalized spacial score (nSPS) is 19.2. The Morgan fingerprint density at radius 3 is 3.06 bits per heavy atom. The van der Waals surface area contributed by atoms with E-state index in [-0.39, 0.29) is 12.7 Å². The minimum Gasteiger partial charge on any atom is -0.459 e. The number of anilines is 1. The molecule has 1 aromatic carbocycles. The zero-order valence-corrected chi connectivity index (χ0v) is 10.1. The number of benzene rings is 1. The van der Waals surface area contributed by atoms with E-state index >= 15 is 0 Å². The summed E-state index contributed by atoms with van der Waals surface area (Å²) >= 11 is 5.75. The first-order valence-corrected chi connectivity index (χ1v) is 5.88. The lowest BCUT2D eigenvalue weighted by atomic mass is 10.2. The average molecular weight is 256 g/mol. The maximum Gasteiger partial charge on any atom is 0.340 e. The predicted molar refractivity (Wildman–Crippen MR) is 65.1 cm³/mol. The molecule has 4 nitrogen and oxygen atoms in total. The Balaban J connectivity index is 1.94. The molecule has 1 aliphatic heterocycles. The summed E-state index contributed by atoms with van der Waals surface area (Å²) < 4.78 is 10.5. The number of hydrogen-bond acceptors (Lipinski definition) is 4. The van der Waals surface area contributed by atoms with Gasteiger partial charge >= 0.3 is 5.97 Å². The summed E-state index contributed by atoms with van der Waals surface area (Å²) in [5.41, 5.74) is 6.36. The minimum absolute atomic E-state index is 0.0208. The average Bonchev–Trinajstić information content (AvgIpc) is 2.78. The standard InChI is InChI=1S/C12H14ClNO3/c13-8-3-4-10(11(14)6-8)12(15)17-7-9-2-1-5-16-9/h3-4,6,9H,1-2,5,7,14H2. The molecule has 17 heavy (non-hydrogen) atoms. The van der Waals surface area contributed by atoms with Gasteiger partial charge in [0.2, 0.25) is 0 Å². The van der Waals surface area contributed by atoms with Crippen LogP contribution >= 0.6 is 11.6 Å². The van der Waals surface area contributed by atoms with E-state index in [9.17, 15) is 4.79 Å². The van der Waals surface area contributed by atoms with E-state index in [1.165, 1.54) is 6.07 Å². The van der Waals surface area contributed by atoms with E-state index in [0.29, 0.717) is 16.3 Å². The highest BCUT2D eigenvalue weighted by atomic mass is 35.5. The van der Waals surface area contributed by atoms with E-state index in [4.69, 9.17) is 26.8 Å². The topological polar surface area (TPSA) is 61.6 Å². The Bertz CT molecular complexity index is 416. The van der Waals surface area contributed by atoms with Crippen molar-refractivity contribution < 1.29 is 14.3 Å². The van der Waals surface area contributed by atoms with Gasteiger partial charge in [0.1, 0.15) is 6.61 Å². The Morgan fingerprint density at radius 2 is 2.41 bits per heavy atom. The van der Waals surface area contributed by atoms with Crippen LogP contribution in [0.2, 0.25) is 5.02 Å². The number of hydrogen-bond donors (Lipinski definition) is 1. The fourth-order valence-corrected chi connectivity index (χ4v) is 1.92. The van der Waals surface area contributed by atoms with Crippen LogP contribution in [0.1, 0.15) is 23.2 Å². The van der Waals surface area contributed by atoms with Crippen molar-refractivity contribution in [1.82, 2.24) is 0 Å². The van der Waals surface area contributed by atoms with Crippen molar-refractivity contribution in [2.45, 2.75) is 18.9 Å². The predicted octanol–water partition coefficient (Wildman–Crippen LogP) is 2.26. The van der Waals surface area contributed by atoms with Crippen molar-refractivity contribution >= 4 is 23.3 Å². The van der Waals surface area contributed by atoms with Gasteiger partial charge in [0.25, 0.3) is 0 Å². The molecule has 1 unspecified atom stereocenters. The zero-order valence-electron chi connectivity index (χ0n) is 9.32. The number of nitrogens with two attached hydrogens (primary N) is 1. The molecule has 0 amide bonds. The molecule has 1 aromatic rings. The van der Waals surface area contributed by atoms with Crippen LogP contribution in [0.5, 0.6) is 0 Å². The van der Waals surface area contributed by atoms with Gasteiger partial charge in [-0.05, 0) is 31.0 Å². The second kappa shape index (κ2) is 5.38. The lowest BCUT2D eigenvalue weighted by Crippen LogP contribution is -2.18. The summed E-state index contributed by atoms with van der Waals surface area (Å²) in [5, 5.41) is 0.498. The molecule has 0 radical (unpaired) electrons. The van der Waals surface area contributed by atoms with Crippen molar-refractivity contribution in [2.75, 3.05) is 18.9 Å². The molecule has 2 rings (SSSR count). The Kier molecular flexibility index (Phi) is 3.86. The second-order valence-electron chi connectivity index (χ2n) is 3.97. The van der Waals surface area contributed by atoms with Crippen LogP contribution in [0.3, 0.4) is 0 Å². The van der Waals surface area contributed by atoms with Crippen molar-refractivity contribution in [2.24, 2.45) is 0 Å². The number of ether oxygens (including phenoxy) is 2. The third-order valence-electron chi connectivity index (χ3n) is 2.66. The second-order valence-corrected chi connectivity index (χ2v) is 4.40. The molecule has 1 saturated heterocycles. The van der Waals surface area contributed by atoms with Gasteiger partial charge in [-0.2, -0.15) is 0 Å². The number of carbonyl (C=O) groups excluding carboxylic acids is 1. The molecular weight excluding hydrogens is 242 g/mol. The van der Waals surface area contributed by atoms with E-state index in [1.54, 1.807) is 12.1 Å². The number of halogens is 1. The summed E-state index contributed by atoms with van der Waals surface area (Å²) in [7, 11) is 0. The van der Waals surface area contributed by atoms with Gasteiger partial charge in [-0.25, -0.2) is 4.79 Å². The number of rotatable bonds is 3. The van der Waals surface area contributed by atoms with E-state index in [0.717, 1.165) is 19.4 Å². The molecule has 0 saturated carbocycles. The van der Waals surface area contributed by atoms with Crippen LogP contribution in [0, 0.1) is 0 Å². The minimum atomic E-state index is -0.435. The van der Waals surface area contributed by atoms with Gasteiger partial charge in [-0.1, -0.05) is 11.6 Å². The first-order valence-electron chi connectivity index (χ1n) is 5.50. The van der Waals surface area contributed by atoms with E-state index in [1.807, 2.05) is 0 Å². The van der Waals surface area contributed by atoms with Gasteiger partial charge in [0.15, 0.2) is 0 Å². The molecular formula is C12H14ClNO3. The molecule has 1 atom stereocenters. The Morgan fingerprint density at radius 1 is 1.59 bits per heavy atom. The van der Waals surface area contributed by atoms with Crippen LogP contribution in [-0.2, 0) is 9.47 Å². The molecule has 0 spiro atoms. The van der Waals surface area contributed by atoms with Gasteiger partial charge in [0.05, 0.1) is 11.7 Å². The SMILES string of the molecule is Nc1cc(Cl)ccc1C(=O)OCC1CCCO1. The third-order valence-corrected chi connectivity index (χ3v) is 2.89. The van der Waals surface area contributed by atoms with Crippen LogP contribution in [0.4, 0.5) is 5.69 Å². The van der Waals surface area contributed by atoms with Gasteiger partial charge < -0.3 is 15.2 Å². The number of nitrogen functional groups attached to an aromatic ring is 1. The van der Waals surface area contributed by atoms with Gasteiger partial charge in [0, 0.05) is 17.3 Å². The highest BCUT2D eigenvalue weighted by Crippen LogP contribution is 2.19. The molecule has 1 heterocycles. The van der Waals surface area contributed by atoms with Crippen molar-refractivity contribution in [3.05, 3.63) is 28.8 Å². The summed E-state index contributed by atoms with van der Waals surface area (Å²) in [6.45, 7) is 1.02. The van der Waals surface area contributed by atoms with Crippen LogP contribution in [0.15, 0.2) is 18.2 Å². The molecule has 92 valence electrons. The fourth-order valence-electron chi connectivity index (χ4n) is 1.74. The Labute approximate surface area is 105 Å². The lowest BCUT2D eigenvalue weighted by Gasteiger charge is -2.11. The molecule has 0 aromatic heterocycles. The molecule has 0 bridgehead atoms. The molecule has 5 heteroatoms. The largest absolute Gasteiger partial charge is 0.459 e. The van der Waals surface area contributed by atoms with E-state index < -0.39 is 5.97 Å². The van der Waals surface area contributed by atoms with Gasteiger partial charge in [-0.15, -0.1) is 0 Å². The highest BCUT2D eigenvalue weighted by molar-refractivity contribution is 6.31. The Hall–Kier alpha value is -1.26. The smallest absolute Gasteiger partial charge is 0.340 e. The van der Waals surface area contributed by atoms with E-state index in [2.05, 4.69) is 0 Å². The summed E-state index contributed by atoms with van der Waals surface area (Å²) in [5.74, 6) is -0.435. The first kappa shape index (κ1) is 12.2. The monoisotopic (exact) mass is 255 g/mol. The molecule has 1 fully saturated rings. The summed E-state index contributed by atoms with van der Waals surface area (Å²) in [6.07, 6.45) is 1.97. The van der Waals surface area contributed by atoms with Crippen molar-refractivity contribution in [3.63, 3.8) is 0 Å². The molecule has 1 aliphatic rings. The lowest BCUT2D eigenvalue weighted by molar-refractivity contribution is 0.0162. The zero-order chi connectivity index (χ0) is 12.3. The molecule has 0 aliphatic carbocycles. The highest BCUT2D eigenvalue weighted by Gasteiger charge is 2.19. The first-order chi connectivity index (χ1) is 8.16. The van der Waals surface area contributed by atoms with Crippen molar-refractivity contribution in [1.29, 1.82) is 0 Å². The number of esters is 1.